The lowest BCUT2D eigenvalue weighted by Gasteiger charge is -2.17. The molecule has 0 heterocycles. The number of hydrogen-bond acceptors (Lipinski definition) is 2. The van der Waals surface area contributed by atoms with Gasteiger partial charge in [0.25, 0.3) is 0 Å². The van der Waals surface area contributed by atoms with E-state index in [0.29, 0.717) is 6.04 Å². The van der Waals surface area contributed by atoms with Gasteiger partial charge in [-0.2, -0.15) is 0 Å². The van der Waals surface area contributed by atoms with Crippen molar-refractivity contribution in [3.63, 3.8) is 0 Å². The maximum atomic E-state index is 5.37. The molecule has 3 rings (SSSR count). The van der Waals surface area contributed by atoms with Crippen LogP contribution < -0.4 is 10.1 Å². The summed E-state index contributed by atoms with van der Waals surface area (Å²) in [5.41, 5.74) is 4.28. The number of aryl methyl sites for hydroxylation is 1. The first-order valence-corrected chi connectivity index (χ1v) is 7.78. The fourth-order valence-corrected chi connectivity index (χ4v) is 3.10. The van der Waals surface area contributed by atoms with Crippen LogP contribution in [0.3, 0.4) is 0 Å². The molecule has 2 heteroatoms. The zero-order valence-electron chi connectivity index (χ0n) is 12.6. The highest BCUT2D eigenvalue weighted by Gasteiger charge is 2.16. The molecule has 0 spiro atoms. The maximum Gasteiger partial charge on any atom is 0.119 e. The molecule has 0 aliphatic heterocycles. The van der Waals surface area contributed by atoms with Gasteiger partial charge in [-0.3, -0.25) is 0 Å². The second kappa shape index (κ2) is 6.77. The molecule has 1 aliphatic rings. The number of hydrogen-bond donors (Lipinski definition) is 1. The minimum atomic E-state index is 0.554. The molecule has 21 heavy (non-hydrogen) atoms. The van der Waals surface area contributed by atoms with Crippen LogP contribution in [0.4, 0.5) is 0 Å². The lowest BCUT2D eigenvalue weighted by Crippen LogP contribution is -2.30. The van der Waals surface area contributed by atoms with E-state index >= 15 is 0 Å². The van der Waals surface area contributed by atoms with Gasteiger partial charge >= 0.3 is 0 Å². The average Bonchev–Trinajstić information content (AvgIpc) is 2.75. The predicted octanol–water partition coefficient (Wildman–Crippen LogP) is 3.73. The minimum Gasteiger partial charge on any atom is -0.497 e. The van der Waals surface area contributed by atoms with Crippen molar-refractivity contribution < 1.29 is 4.74 Å². The molecule has 0 bridgehead atoms. The maximum absolute atomic E-state index is 5.37. The Hall–Kier alpha value is -1.80. The summed E-state index contributed by atoms with van der Waals surface area (Å²) in [6.45, 7) is 0.949. The number of methoxy groups -OCH3 is 1. The molecular formula is C19H23NO. The lowest BCUT2D eigenvalue weighted by molar-refractivity contribution is 0.413. The van der Waals surface area contributed by atoms with Crippen LogP contribution in [0.5, 0.6) is 5.75 Å². The smallest absolute Gasteiger partial charge is 0.119 e. The number of fused-ring (bicyclic) bond motifs is 1. The first-order chi connectivity index (χ1) is 10.3. The van der Waals surface area contributed by atoms with Crippen LogP contribution in [0.15, 0.2) is 48.5 Å². The summed E-state index contributed by atoms with van der Waals surface area (Å²) in [7, 11) is 1.74. The van der Waals surface area contributed by atoms with E-state index in [9.17, 15) is 0 Å². The normalized spacial score (nSPS) is 17.9. The van der Waals surface area contributed by atoms with Gasteiger partial charge in [0.2, 0.25) is 0 Å². The highest BCUT2D eigenvalue weighted by atomic mass is 16.5. The van der Waals surface area contributed by atoms with Gasteiger partial charge in [0.15, 0.2) is 0 Å². The topological polar surface area (TPSA) is 21.3 Å². The van der Waals surface area contributed by atoms with Crippen LogP contribution in [-0.4, -0.2) is 13.2 Å². The van der Waals surface area contributed by atoms with Crippen molar-refractivity contribution >= 4 is 0 Å². The van der Waals surface area contributed by atoms with E-state index in [4.69, 9.17) is 4.74 Å². The second-order valence-corrected chi connectivity index (χ2v) is 5.79. The SMILES string of the molecule is COc1ccc2c(c1)C[C@@H](NCc1ccccc1)CCC2. The summed E-state index contributed by atoms with van der Waals surface area (Å²) in [6.07, 6.45) is 4.78. The molecule has 1 N–H and O–H groups in total. The van der Waals surface area contributed by atoms with E-state index in [1.165, 1.54) is 36.0 Å². The van der Waals surface area contributed by atoms with E-state index < -0.39 is 0 Å². The van der Waals surface area contributed by atoms with E-state index in [1.54, 1.807) is 7.11 Å². The van der Waals surface area contributed by atoms with Gasteiger partial charge in [0.05, 0.1) is 7.11 Å². The van der Waals surface area contributed by atoms with Crippen LogP contribution in [0.2, 0.25) is 0 Å². The van der Waals surface area contributed by atoms with Gasteiger partial charge in [-0.05, 0) is 54.5 Å². The number of nitrogens with one attached hydrogen (secondary N) is 1. The van der Waals surface area contributed by atoms with Crippen LogP contribution in [0.25, 0.3) is 0 Å². The Morgan fingerprint density at radius 3 is 2.76 bits per heavy atom. The molecule has 0 unspecified atom stereocenters. The molecule has 0 saturated heterocycles. The molecule has 0 radical (unpaired) electrons. The third kappa shape index (κ3) is 3.64. The van der Waals surface area contributed by atoms with Gasteiger partial charge in [-0.1, -0.05) is 36.4 Å². The fraction of sp³-hybridized carbons (Fsp3) is 0.368. The summed E-state index contributed by atoms with van der Waals surface area (Å²) in [6, 6.07) is 17.7. The molecule has 0 aromatic heterocycles. The van der Waals surface area contributed by atoms with Crippen molar-refractivity contribution in [3.8, 4) is 5.75 Å². The van der Waals surface area contributed by atoms with Crippen molar-refractivity contribution in [1.82, 2.24) is 5.32 Å². The molecule has 0 saturated carbocycles. The predicted molar refractivity (Wildman–Crippen MR) is 86.7 cm³/mol. The Kier molecular flexibility index (Phi) is 4.56. The van der Waals surface area contributed by atoms with Gasteiger partial charge in [-0.25, -0.2) is 0 Å². The molecule has 0 amide bonds. The van der Waals surface area contributed by atoms with Crippen LogP contribution in [-0.2, 0) is 19.4 Å². The average molecular weight is 281 g/mol. The van der Waals surface area contributed by atoms with Gasteiger partial charge in [-0.15, -0.1) is 0 Å². The molecule has 2 aromatic carbocycles. The number of rotatable bonds is 4. The molecule has 1 atom stereocenters. The van der Waals surface area contributed by atoms with Gasteiger partial charge in [0, 0.05) is 12.6 Å². The third-order valence-corrected chi connectivity index (χ3v) is 4.32. The Labute approximate surface area is 127 Å². The van der Waals surface area contributed by atoms with Crippen molar-refractivity contribution in [2.75, 3.05) is 7.11 Å². The molecule has 110 valence electrons. The summed E-state index contributed by atoms with van der Waals surface area (Å²) in [4.78, 5) is 0. The number of benzene rings is 2. The second-order valence-electron chi connectivity index (χ2n) is 5.79. The Balaban J connectivity index is 1.67. The monoisotopic (exact) mass is 281 g/mol. The fourth-order valence-electron chi connectivity index (χ4n) is 3.10. The highest BCUT2D eigenvalue weighted by Crippen LogP contribution is 2.25. The third-order valence-electron chi connectivity index (χ3n) is 4.32. The minimum absolute atomic E-state index is 0.554. The van der Waals surface area contributed by atoms with Crippen molar-refractivity contribution in [2.45, 2.75) is 38.3 Å². The van der Waals surface area contributed by atoms with E-state index in [1.807, 2.05) is 0 Å². The van der Waals surface area contributed by atoms with Crippen molar-refractivity contribution in [3.05, 3.63) is 65.2 Å². The van der Waals surface area contributed by atoms with E-state index in [-0.39, 0.29) is 0 Å². The largest absolute Gasteiger partial charge is 0.497 e. The van der Waals surface area contributed by atoms with Crippen LogP contribution >= 0.6 is 0 Å². The molecule has 2 aromatic rings. The Bertz CT molecular complexity index is 579. The van der Waals surface area contributed by atoms with Crippen LogP contribution in [0, 0.1) is 0 Å². The quantitative estimate of drug-likeness (QED) is 0.862. The van der Waals surface area contributed by atoms with Crippen molar-refractivity contribution in [1.29, 1.82) is 0 Å². The Morgan fingerprint density at radius 2 is 1.95 bits per heavy atom. The van der Waals surface area contributed by atoms with Gasteiger partial charge < -0.3 is 10.1 Å². The highest BCUT2D eigenvalue weighted by molar-refractivity contribution is 5.37. The zero-order valence-corrected chi connectivity index (χ0v) is 12.6. The summed E-state index contributed by atoms with van der Waals surface area (Å²) in [5.74, 6) is 0.970. The number of ether oxygens (including phenoxy) is 1. The summed E-state index contributed by atoms with van der Waals surface area (Å²) in [5, 5.41) is 3.72. The Morgan fingerprint density at radius 1 is 1.10 bits per heavy atom. The molecular weight excluding hydrogens is 258 g/mol. The molecule has 1 aliphatic carbocycles. The summed E-state index contributed by atoms with van der Waals surface area (Å²) < 4.78 is 5.37. The van der Waals surface area contributed by atoms with Crippen LogP contribution in [0.1, 0.15) is 29.5 Å². The first kappa shape index (κ1) is 14.2. The zero-order chi connectivity index (χ0) is 14.5. The molecule has 0 fully saturated rings. The van der Waals surface area contributed by atoms with Gasteiger partial charge in [0.1, 0.15) is 5.75 Å². The van der Waals surface area contributed by atoms with E-state index in [0.717, 1.165) is 18.7 Å². The van der Waals surface area contributed by atoms with E-state index in [2.05, 4.69) is 53.8 Å². The summed E-state index contributed by atoms with van der Waals surface area (Å²) >= 11 is 0. The first-order valence-electron chi connectivity index (χ1n) is 7.78. The van der Waals surface area contributed by atoms with Crippen molar-refractivity contribution in [2.24, 2.45) is 0 Å². The standard InChI is InChI=1S/C19H23NO/c1-21-19-11-10-16-8-5-9-18(12-17(16)13-19)20-14-15-6-3-2-4-7-15/h2-4,6-7,10-11,13,18,20H,5,8-9,12,14H2,1H3/t18-/m0/s1. The lowest BCUT2D eigenvalue weighted by atomic mass is 10.0. The molecule has 2 nitrogen and oxygen atoms in total.